The van der Waals surface area contributed by atoms with Gasteiger partial charge in [0.05, 0.1) is 5.60 Å². The molecule has 78 valence electrons. The van der Waals surface area contributed by atoms with E-state index in [2.05, 4.69) is 16.0 Å². The van der Waals surface area contributed by atoms with Crippen molar-refractivity contribution in [1.29, 1.82) is 0 Å². The first-order chi connectivity index (χ1) is 6.70. The minimum absolute atomic E-state index is 0.489. The van der Waals surface area contributed by atoms with Gasteiger partial charge in [0.15, 0.2) is 0 Å². The number of piperidine rings is 1. The second kappa shape index (κ2) is 3.75. The van der Waals surface area contributed by atoms with Crippen molar-refractivity contribution in [2.75, 3.05) is 13.1 Å². The van der Waals surface area contributed by atoms with E-state index in [9.17, 15) is 5.11 Å². The molecule has 2 N–H and O–H groups in total. The molecule has 0 bridgehead atoms. The number of rotatable bonds is 2. The van der Waals surface area contributed by atoms with Crippen LogP contribution in [0.25, 0.3) is 0 Å². The number of hydrogen-bond donors (Lipinski definition) is 2. The van der Waals surface area contributed by atoms with Gasteiger partial charge in [0.1, 0.15) is 0 Å². The average Bonchev–Trinajstić information content (AvgIpc) is 2.52. The van der Waals surface area contributed by atoms with E-state index in [0.29, 0.717) is 0 Å². The van der Waals surface area contributed by atoms with E-state index >= 15 is 0 Å². The lowest BCUT2D eigenvalue weighted by atomic mass is 9.88. The molecule has 0 spiro atoms. The van der Waals surface area contributed by atoms with Crippen molar-refractivity contribution < 1.29 is 5.11 Å². The molecule has 3 nitrogen and oxygen atoms in total. The van der Waals surface area contributed by atoms with Crippen molar-refractivity contribution in [2.24, 2.45) is 7.05 Å². The molecule has 14 heavy (non-hydrogen) atoms. The van der Waals surface area contributed by atoms with Crippen LogP contribution < -0.4 is 5.32 Å². The van der Waals surface area contributed by atoms with Crippen LogP contribution in [0.15, 0.2) is 18.3 Å². The Hall–Kier alpha value is -0.800. The Bertz CT molecular complexity index is 300. The van der Waals surface area contributed by atoms with Crippen molar-refractivity contribution in [1.82, 2.24) is 9.88 Å². The highest BCUT2D eigenvalue weighted by Crippen LogP contribution is 2.23. The van der Waals surface area contributed by atoms with Crippen LogP contribution in [0.5, 0.6) is 0 Å². The molecule has 3 heteroatoms. The molecule has 1 aromatic rings. The SMILES string of the molecule is Cn1cccc1CC1(O)CCNCC1. The largest absolute Gasteiger partial charge is 0.389 e. The highest BCUT2D eigenvalue weighted by Gasteiger charge is 2.29. The van der Waals surface area contributed by atoms with E-state index in [1.165, 1.54) is 5.69 Å². The third kappa shape index (κ3) is 1.99. The molecule has 0 aliphatic carbocycles. The summed E-state index contributed by atoms with van der Waals surface area (Å²) in [5.41, 5.74) is 0.728. The van der Waals surface area contributed by atoms with E-state index in [1.54, 1.807) is 0 Å². The van der Waals surface area contributed by atoms with Gasteiger partial charge in [-0.1, -0.05) is 0 Å². The maximum absolute atomic E-state index is 10.3. The van der Waals surface area contributed by atoms with E-state index < -0.39 is 5.60 Å². The summed E-state index contributed by atoms with van der Waals surface area (Å²) in [4.78, 5) is 0. The first kappa shape index (κ1) is 9.74. The molecule has 0 aromatic carbocycles. The number of nitrogens with zero attached hydrogens (tertiary/aromatic N) is 1. The van der Waals surface area contributed by atoms with Gasteiger partial charge in [0.2, 0.25) is 0 Å². The summed E-state index contributed by atoms with van der Waals surface area (Å²) in [6.45, 7) is 1.86. The molecule has 2 heterocycles. The van der Waals surface area contributed by atoms with Gasteiger partial charge >= 0.3 is 0 Å². The van der Waals surface area contributed by atoms with Gasteiger partial charge in [-0.05, 0) is 38.1 Å². The zero-order valence-corrected chi connectivity index (χ0v) is 8.66. The molecule has 0 unspecified atom stereocenters. The van der Waals surface area contributed by atoms with Crippen LogP contribution in [-0.4, -0.2) is 28.4 Å². The molecule has 1 fully saturated rings. The fourth-order valence-electron chi connectivity index (χ4n) is 2.09. The van der Waals surface area contributed by atoms with Crippen LogP contribution >= 0.6 is 0 Å². The van der Waals surface area contributed by atoms with E-state index in [0.717, 1.165) is 32.4 Å². The van der Waals surface area contributed by atoms with Crippen molar-refractivity contribution in [3.63, 3.8) is 0 Å². The van der Waals surface area contributed by atoms with Crippen molar-refractivity contribution in [3.05, 3.63) is 24.0 Å². The molecular formula is C11H18N2O. The lowest BCUT2D eigenvalue weighted by Crippen LogP contribution is -2.43. The van der Waals surface area contributed by atoms with Crippen LogP contribution in [0.2, 0.25) is 0 Å². The molecule has 1 aliphatic heterocycles. The monoisotopic (exact) mass is 194 g/mol. The van der Waals surface area contributed by atoms with E-state index in [1.807, 2.05) is 19.3 Å². The lowest BCUT2D eigenvalue weighted by Gasteiger charge is -2.32. The van der Waals surface area contributed by atoms with Crippen molar-refractivity contribution in [3.8, 4) is 0 Å². The summed E-state index contributed by atoms with van der Waals surface area (Å²) in [6.07, 6.45) is 4.52. The molecule has 1 aromatic heterocycles. The Morgan fingerprint density at radius 3 is 2.79 bits per heavy atom. The summed E-state index contributed by atoms with van der Waals surface area (Å²) in [6, 6.07) is 4.11. The van der Waals surface area contributed by atoms with Crippen LogP contribution in [0.4, 0.5) is 0 Å². The summed E-state index contributed by atoms with van der Waals surface area (Å²) in [5, 5.41) is 13.6. The highest BCUT2D eigenvalue weighted by molar-refractivity contribution is 5.10. The molecule has 0 atom stereocenters. The van der Waals surface area contributed by atoms with Crippen LogP contribution in [-0.2, 0) is 13.5 Å². The summed E-state index contributed by atoms with van der Waals surface area (Å²) in [7, 11) is 2.03. The molecule has 0 radical (unpaired) electrons. The lowest BCUT2D eigenvalue weighted by molar-refractivity contribution is 0.00948. The van der Waals surface area contributed by atoms with Gasteiger partial charge in [-0.3, -0.25) is 0 Å². The van der Waals surface area contributed by atoms with Crippen LogP contribution in [0.3, 0.4) is 0 Å². The standard InChI is InChI=1S/C11H18N2O/c1-13-8-2-3-10(13)9-11(14)4-6-12-7-5-11/h2-3,8,12,14H,4-7,9H2,1H3. The minimum atomic E-state index is -0.489. The Balaban J connectivity index is 2.05. The average molecular weight is 194 g/mol. The summed E-state index contributed by atoms with van der Waals surface area (Å²) < 4.78 is 2.08. The van der Waals surface area contributed by atoms with Gasteiger partial charge in [0.25, 0.3) is 0 Å². The van der Waals surface area contributed by atoms with Gasteiger partial charge < -0.3 is 15.0 Å². The van der Waals surface area contributed by atoms with Gasteiger partial charge in [-0.2, -0.15) is 0 Å². The normalized spacial score (nSPS) is 21.0. The summed E-state index contributed by atoms with van der Waals surface area (Å²) >= 11 is 0. The summed E-state index contributed by atoms with van der Waals surface area (Å²) in [5.74, 6) is 0. The van der Waals surface area contributed by atoms with E-state index in [4.69, 9.17) is 0 Å². The zero-order chi connectivity index (χ0) is 10.0. The van der Waals surface area contributed by atoms with Crippen molar-refractivity contribution >= 4 is 0 Å². The Labute approximate surface area is 84.7 Å². The first-order valence-corrected chi connectivity index (χ1v) is 5.23. The third-order valence-electron chi connectivity index (χ3n) is 3.10. The zero-order valence-electron chi connectivity index (χ0n) is 8.66. The third-order valence-corrected chi connectivity index (χ3v) is 3.10. The quantitative estimate of drug-likeness (QED) is 0.726. The van der Waals surface area contributed by atoms with Crippen molar-refractivity contribution in [2.45, 2.75) is 24.9 Å². The number of hydrogen-bond acceptors (Lipinski definition) is 2. The maximum Gasteiger partial charge on any atom is 0.0726 e. The van der Waals surface area contributed by atoms with Gasteiger partial charge in [0, 0.05) is 25.4 Å². The van der Waals surface area contributed by atoms with Crippen LogP contribution in [0, 0.1) is 0 Å². The Morgan fingerprint density at radius 2 is 2.21 bits per heavy atom. The Kier molecular flexibility index (Phi) is 2.61. The molecule has 0 saturated carbocycles. The number of aliphatic hydroxyl groups is 1. The first-order valence-electron chi connectivity index (χ1n) is 5.23. The molecule has 2 rings (SSSR count). The van der Waals surface area contributed by atoms with E-state index in [-0.39, 0.29) is 0 Å². The minimum Gasteiger partial charge on any atom is -0.389 e. The van der Waals surface area contributed by atoms with Gasteiger partial charge in [-0.15, -0.1) is 0 Å². The van der Waals surface area contributed by atoms with Gasteiger partial charge in [-0.25, -0.2) is 0 Å². The molecular weight excluding hydrogens is 176 g/mol. The molecule has 0 amide bonds. The number of aromatic nitrogens is 1. The maximum atomic E-state index is 10.3. The van der Waals surface area contributed by atoms with Crippen LogP contribution in [0.1, 0.15) is 18.5 Å². The fourth-order valence-corrected chi connectivity index (χ4v) is 2.09. The number of nitrogens with one attached hydrogen (secondary N) is 1. The second-order valence-electron chi connectivity index (χ2n) is 4.26. The predicted molar refractivity (Wildman–Crippen MR) is 56.2 cm³/mol. The topological polar surface area (TPSA) is 37.2 Å². The Morgan fingerprint density at radius 1 is 1.50 bits per heavy atom. The fraction of sp³-hybridized carbons (Fsp3) is 0.636. The highest BCUT2D eigenvalue weighted by atomic mass is 16.3. The smallest absolute Gasteiger partial charge is 0.0726 e. The predicted octanol–water partition coefficient (Wildman–Crippen LogP) is 0.682. The molecule has 1 saturated heterocycles. The number of aryl methyl sites for hydroxylation is 1. The molecule has 1 aliphatic rings. The second-order valence-corrected chi connectivity index (χ2v) is 4.26.